The van der Waals surface area contributed by atoms with E-state index in [0.717, 1.165) is 0 Å². The predicted octanol–water partition coefficient (Wildman–Crippen LogP) is 3.47. The van der Waals surface area contributed by atoms with E-state index in [1.807, 2.05) is 5.38 Å². The monoisotopic (exact) mass is 269 g/mol. The van der Waals surface area contributed by atoms with Crippen molar-refractivity contribution in [2.45, 2.75) is 6.54 Å². The van der Waals surface area contributed by atoms with Gasteiger partial charge in [-0.15, -0.1) is 11.3 Å². The van der Waals surface area contributed by atoms with E-state index in [1.54, 1.807) is 24.3 Å². The quantitative estimate of drug-likeness (QED) is 0.908. The van der Waals surface area contributed by atoms with Gasteiger partial charge >= 0.3 is 0 Å². The first-order chi connectivity index (χ1) is 8.16. The number of halogens is 2. The second-order valence-corrected chi connectivity index (χ2v) is 4.78. The Morgan fingerprint density at radius 2 is 2.24 bits per heavy atom. The Balaban J connectivity index is 2.01. The number of amides is 1. The van der Waals surface area contributed by atoms with E-state index in [4.69, 9.17) is 11.6 Å². The van der Waals surface area contributed by atoms with Gasteiger partial charge in [0.15, 0.2) is 0 Å². The summed E-state index contributed by atoms with van der Waals surface area (Å²) < 4.78 is 13.4. The molecule has 2 nitrogen and oxygen atoms in total. The molecule has 1 heterocycles. The zero-order valence-electron chi connectivity index (χ0n) is 8.74. The van der Waals surface area contributed by atoms with E-state index in [1.165, 1.54) is 17.4 Å². The number of carbonyl (C=O) groups is 1. The van der Waals surface area contributed by atoms with Crippen LogP contribution in [0.3, 0.4) is 0 Å². The number of hydrogen-bond acceptors (Lipinski definition) is 2. The molecule has 1 amide bonds. The summed E-state index contributed by atoms with van der Waals surface area (Å²) >= 11 is 6.98. The fraction of sp³-hybridized carbons (Fsp3) is 0.0833. The second-order valence-electron chi connectivity index (χ2n) is 3.40. The van der Waals surface area contributed by atoms with Crippen LogP contribution in [0.4, 0.5) is 4.39 Å². The van der Waals surface area contributed by atoms with Crippen LogP contribution in [0.5, 0.6) is 0 Å². The first-order valence-electron chi connectivity index (χ1n) is 4.92. The summed E-state index contributed by atoms with van der Waals surface area (Å²) in [5.41, 5.74) is 0.416. The summed E-state index contributed by atoms with van der Waals surface area (Å²) in [5.74, 6) is -0.613. The smallest absolute Gasteiger partial charge is 0.261 e. The molecule has 0 fully saturated rings. The lowest BCUT2D eigenvalue weighted by Gasteiger charge is -2.05. The van der Waals surface area contributed by atoms with Crippen molar-refractivity contribution < 1.29 is 9.18 Å². The molecular formula is C12H9ClFNOS. The largest absolute Gasteiger partial charge is 0.347 e. The van der Waals surface area contributed by atoms with E-state index in [0.29, 0.717) is 15.5 Å². The number of thiophene rings is 1. The Bertz CT molecular complexity index is 527. The second kappa shape index (κ2) is 5.29. The normalized spacial score (nSPS) is 10.2. The molecule has 0 radical (unpaired) electrons. The Kier molecular flexibility index (Phi) is 3.76. The van der Waals surface area contributed by atoms with Crippen molar-refractivity contribution in [3.63, 3.8) is 0 Å². The molecular weight excluding hydrogens is 261 g/mol. The van der Waals surface area contributed by atoms with Crippen molar-refractivity contribution >= 4 is 28.8 Å². The molecule has 1 aromatic carbocycles. The summed E-state index contributed by atoms with van der Waals surface area (Å²) in [4.78, 5) is 12.2. The van der Waals surface area contributed by atoms with Gasteiger partial charge in [-0.05, 0) is 23.6 Å². The van der Waals surface area contributed by atoms with Gasteiger partial charge in [-0.25, -0.2) is 4.39 Å². The van der Waals surface area contributed by atoms with Crippen LogP contribution in [0.1, 0.15) is 15.2 Å². The SMILES string of the molecule is O=C(NCc1ccc(Cl)cc1F)c1cccs1. The standard InChI is InChI=1S/C12H9ClFNOS/c13-9-4-3-8(10(14)6-9)7-15-12(16)11-2-1-5-17-11/h1-6H,7H2,(H,15,16). The summed E-state index contributed by atoms with van der Waals surface area (Å²) in [6.07, 6.45) is 0. The molecule has 0 atom stereocenters. The van der Waals surface area contributed by atoms with Gasteiger partial charge < -0.3 is 5.32 Å². The fourth-order valence-electron chi connectivity index (χ4n) is 1.34. The molecule has 17 heavy (non-hydrogen) atoms. The molecule has 2 rings (SSSR count). The maximum atomic E-state index is 13.4. The maximum Gasteiger partial charge on any atom is 0.261 e. The van der Waals surface area contributed by atoms with Crippen LogP contribution in [0.15, 0.2) is 35.7 Å². The minimum absolute atomic E-state index is 0.153. The number of hydrogen-bond donors (Lipinski definition) is 1. The summed E-state index contributed by atoms with van der Waals surface area (Å²) in [5, 5.41) is 4.81. The van der Waals surface area contributed by atoms with E-state index in [-0.39, 0.29) is 12.5 Å². The molecule has 2 aromatic rings. The van der Waals surface area contributed by atoms with Crippen molar-refractivity contribution in [3.8, 4) is 0 Å². The first-order valence-corrected chi connectivity index (χ1v) is 6.18. The van der Waals surface area contributed by atoms with Crippen LogP contribution in [0.25, 0.3) is 0 Å². The lowest BCUT2D eigenvalue weighted by atomic mass is 10.2. The number of nitrogens with one attached hydrogen (secondary N) is 1. The van der Waals surface area contributed by atoms with Gasteiger partial charge in [-0.3, -0.25) is 4.79 Å². The molecule has 0 aliphatic carbocycles. The highest BCUT2D eigenvalue weighted by atomic mass is 35.5. The Hall–Kier alpha value is -1.39. The van der Waals surface area contributed by atoms with E-state index in [9.17, 15) is 9.18 Å². The van der Waals surface area contributed by atoms with Crippen LogP contribution >= 0.6 is 22.9 Å². The number of benzene rings is 1. The topological polar surface area (TPSA) is 29.1 Å². The van der Waals surface area contributed by atoms with Crippen LogP contribution in [-0.2, 0) is 6.54 Å². The highest BCUT2D eigenvalue weighted by Gasteiger charge is 2.08. The van der Waals surface area contributed by atoms with E-state index < -0.39 is 5.82 Å². The van der Waals surface area contributed by atoms with Gasteiger partial charge in [-0.2, -0.15) is 0 Å². The molecule has 0 saturated carbocycles. The molecule has 5 heteroatoms. The number of rotatable bonds is 3. The van der Waals surface area contributed by atoms with Gasteiger partial charge in [0.1, 0.15) is 5.82 Å². The minimum atomic E-state index is -0.413. The predicted molar refractivity (Wildman–Crippen MR) is 66.9 cm³/mol. The fourth-order valence-corrected chi connectivity index (χ4v) is 2.13. The highest BCUT2D eigenvalue weighted by molar-refractivity contribution is 7.12. The van der Waals surface area contributed by atoms with Crippen molar-refractivity contribution in [3.05, 3.63) is 57.0 Å². The molecule has 88 valence electrons. The van der Waals surface area contributed by atoms with Crippen molar-refractivity contribution in [1.29, 1.82) is 0 Å². The molecule has 0 saturated heterocycles. The zero-order valence-corrected chi connectivity index (χ0v) is 10.3. The molecule has 0 bridgehead atoms. The average Bonchev–Trinajstić information content (AvgIpc) is 2.81. The molecule has 0 aliphatic rings. The van der Waals surface area contributed by atoms with Crippen molar-refractivity contribution in [2.75, 3.05) is 0 Å². The zero-order chi connectivity index (χ0) is 12.3. The van der Waals surface area contributed by atoms with E-state index in [2.05, 4.69) is 5.32 Å². The van der Waals surface area contributed by atoms with Crippen LogP contribution in [-0.4, -0.2) is 5.91 Å². The molecule has 0 unspecified atom stereocenters. The third-order valence-corrected chi connectivity index (χ3v) is 3.30. The van der Waals surface area contributed by atoms with Crippen LogP contribution in [0.2, 0.25) is 5.02 Å². The Morgan fingerprint density at radius 1 is 1.41 bits per heavy atom. The molecule has 0 aliphatic heterocycles. The van der Waals surface area contributed by atoms with Gasteiger partial charge in [0, 0.05) is 17.1 Å². The lowest BCUT2D eigenvalue weighted by Crippen LogP contribution is -2.22. The lowest BCUT2D eigenvalue weighted by molar-refractivity contribution is 0.0954. The molecule has 1 aromatic heterocycles. The van der Waals surface area contributed by atoms with Crippen LogP contribution < -0.4 is 5.32 Å². The molecule has 0 spiro atoms. The summed E-state index contributed by atoms with van der Waals surface area (Å²) in [6, 6.07) is 7.90. The third-order valence-electron chi connectivity index (χ3n) is 2.20. The van der Waals surface area contributed by atoms with Gasteiger partial charge in [0.2, 0.25) is 0 Å². The van der Waals surface area contributed by atoms with Crippen LogP contribution in [0, 0.1) is 5.82 Å². The van der Waals surface area contributed by atoms with Crippen molar-refractivity contribution in [2.24, 2.45) is 0 Å². The maximum absolute atomic E-state index is 13.4. The number of carbonyl (C=O) groups excluding carboxylic acids is 1. The van der Waals surface area contributed by atoms with Gasteiger partial charge in [0.25, 0.3) is 5.91 Å². The summed E-state index contributed by atoms with van der Waals surface area (Å²) in [6.45, 7) is 0.153. The van der Waals surface area contributed by atoms with Crippen molar-refractivity contribution in [1.82, 2.24) is 5.32 Å². The Labute approximate surface area is 107 Å². The Morgan fingerprint density at radius 3 is 2.88 bits per heavy atom. The average molecular weight is 270 g/mol. The first kappa shape index (κ1) is 12.1. The van der Waals surface area contributed by atoms with E-state index >= 15 is 0 Å². The third kappa shape index (κ3) is 3.05. The minimum Gasteiger partial charge on any atom is -0.347 e. The summed E-state index contributed by atoms with van der Waals surface area (Å²) in [7, 11) is 0. The highest BCUT2D eigenvalue weighted by Crippen LogP contribution is 2.15. The van der Waals surface area contributed by atoms with Gasteiger partial charge in [0.05, 0.1) is 4.88 Å². The van der Waals surface area contributed by atoms with Gasteiger partial charge in [-0.1, -0.05) is 23.7 Å². The molecule has 1 N–H and O–H groups in total.